The molecule has 33 heavy (non-hydrogen) atoms. The Morgan fingerprint density at radius 1 is 1.15 bits per heavy atom. The smallest absolute Gasteiger partial charge is 0.296 e. The molecule has 0 radical (unpaired) electrons. The minimum atomic E-state index is -0.768. The normalized spacial score (nSPS) is 18.9. The van der Waals surface area contributed by atoms with Crippen LogP contribution in [0.15, 0.2) is 70.9 Å². The van der Waals surface area contributed by atoms with Crippen LogP contribution >= 0.6 is 0 Å². The number of amides is 1. The summed E-state index contributed by atoms with van der Waals surface area (Å²) < 4.78 is 16.5. The lowest BCUT2D eigenvalue weighted by molar-refractivity contribution is -0.140. The van der Waals surface area contributed by atoms with E-state index in [0.29, 0.717) is 35.9 Å². The monoisotopic (exact) mass is 445 g/mol. The van der Waals surface area contributed by atoms with Crippen molar-refractivity contribution in [1.82, 2.24) is 4.90 Å². The molecule has 168 valence electrons. The molecule has 1 unspecified atom stereocenters. The number of nitrogens with zero attached hydrogens (tertiary/aromatic N) is 1. The molecule has 1 N–H and O–H groups in total. The van der Waals surface area contributed by atoms with Gasteiger partial charge >= 0.3 is 0 Å². The first-order valence-electron chi connectivity index (χ1n) is 10.9. The highest BCUT2D eigenvalue weighted by molar-refractivity contribution is 6.46. The van der Waals surface area contributed by atoms with E-state index in [-0.39, 0.29) is 17.9 Å². The number of rotatable bonds is 6. The van der Waals surface area contributed by atoms with Gasteiger partial charge in [-0.2, -0.15) is 0 Å². The van der Waals surface area contributed by atoms with Gasteiger partial charge < -0.3 is 23.9 Å². The molecular weight excluding hydrogens is 422 g/mol. The molecule has 3 aromatic rings. The number of aliphatic hydroxyl groups excluding tert-OH is 1. The Hall–Kier alpha value is -4.00. The molecule has 7 heteroatoms. The molecule has 2 aliphatic heterocycles. The van der Waals surface area contributed by atoms with Gasteiger partial charge in [-0.3, -0.25) is 9.59 Å². The standard InChI is InChI=1S/C26H23NO6/c1-2-31-19-8-5-16(6-9-19)23-22(24(28)18-7-10-21-17(14-18)11-13-33-21)25(29)26(30)27(23)15-20-4-3-12-32-20/h3-10,12,14,23,28H,2,11,13,15H2,1H3/b24-22-. The third-order valence-electron chi connectivity index (χ3n) is 5.92. The molecule has 2 aliphatic rings. The van der Waals surface area contributed by atoms with Crippen molar-refractivity contribution in [3.05, 3.63) is 88.9 Å². The second-order valence-corrected chi connectivity index (χ2v) is 7.93. The Labute approximate surface area is 190 Å². The van der Waals surface area contributed by atoms with E-state index in [2.05, 4.69) is 0 Å². The number of carbonyl (C=O) groups is 2. The van der Waals surface area contributed by atoms with Crippen molar-refractivity contribution in [3.63, 3.8) is 0 Å². The summed E-state index contributed by atoms with van der Waals surface area (Å²) in [6.45, 7) is 3.11. The van der Waals surface area contributed by atoms with Crippen molar-refractivity contribution in [2.75, 3.05) is 13.2 Å². The Kier molecular flexibility index (Phi) is 5.38. The van der Waals surface area contributed by atoms with E-state index in [1.807, 2.05) is 13.0 Å². The number of likely N-dealkylation sites (tertiary alicyclic amines) is 1. The van der Waals surface area contributed by atoms with Crippen molar-refractivity contribution in [2.45, 2.75) is 25.9 Å². The number of hydrogen-bond donors (Lipinski definition) is 1. The molecule has 0 saturated carbocycles. The van der Waals surface area contributed by atoms with Gasteiger partial charge in [-0.25, -0.2) is 0 Å². The fourth-order valence-electron chi connectivity index (χ4n) is 4.36. The van der Waals surface area contributed by atoms with E-state index in [0.717, 1.165) is 17.7 Å². The minimum absolute atomic E-state index is 0.0505. The summed E-state index contributed by atoms with van der Waals surface area (Å²) in [7, 11) is 0. The maximum atomic E-state index is 13.2. The molecule has 1 aromatic heterocycles. The van der Waals surface area contributed by atoms with E-state index in [9.17, 15) is 14.7 Å². The van der Waals surface area contributed by atoms with Gasteiger partial charge in [0.25, 0.3) is 11.7 Å². The quantitative estimate of drug-likeness (QED) is 0.347. The number of fused-ring (bicyclic) bond motifs is 1. The third kappa shape index (κ3) is 3.75. The van der Waals surface area contributed by atoms with Crippen molar-refractivity contribution in [3.8, 4) is 11.5 Å². The topological polar surface area (TPSA) is 89.2 Å². The predicted octanol–water partition coefficient (Wildman–Crippen LogP) is 4.24. The van der Waals surface area contributed by atoms with E-state index < -0.39 is 17.7 Å². The summed E-state index contributed by atoms with van der Waals surface area (Å²) in [5.41, 5.74) is 2.18. The van der Waals surface area contributed by atoms with Crippen LogP contribution in [0.5, 0.6) is 11.5 Å². The summed E-state index contributed by atoms with van der Waals surface area (Å²) in [5.74, 6) is 0.383. The maximum absolute atomic E-state index is 13.2. The summed E-state index contributed by atoms with van der Waals surface area (Å²) in [4.78, 5) is 27.6. The van der Waals surface area contributed by atoms with Crippen molar-refractivity contribution >= 4 is 17.4 Å². The Bertz CT molecular complexity index is 1230. The largest absolute Gasteiger partial charge is 0.507 e. The van der Waals surface area contributed by atoms with Crippen LogP contribution < -0.4 is 9.47 Å². The highest BCUT2D eigenvalue weighted by Crippen LogP contribution is 2.41. The summed E-state index contributed by atoms with van der Waals surface area (Å²) in [5, 5.41) is 11.2. The Balaban J connectivity index is 1.61. The molecule has 1 fully saturated rings. The lowest BCUT2D eigenvalue weighted by Crippen LogP contribution is -2.29. The van der Waals surface area contributed by atoms with Gasteiger partial charge in [-0.1, -0.05) is 12.1 Å². The number of ether oxygens (including phenoxy) is 2. The molecule has 0 spiro atoms. The van der Waals surface area contributed by atoms with E-state index in [1.54, 1.807) is 48.5 Å². The van der Waals surface area contributed by atoms with Crippen LogP contribution in [0.1, 0.15) is 35.4 Å². The van der Waals surface area contributed by atoms with Crippen LogP contribution in [0.25, 0.3) is 5.76 Å². The number of furan rings is 1. The van der Waals surface area contributed by atoms with Crippen LogP contribution in [-0.2, 0) is 22.6 Å². The lowest BCUT2D eigenvalue weighted by Gasteiger charge is -2.24. The average Bonchev–Trinajstić information content (AvgIpc) is 3.56. The van der Waals surface area contributed by atoms with Crippen molar-refractivity contribution in [2.24, 2.45) is 0 Å². The Morgan fingerprint density at radius 2 is 1.97 bits per heavy atom. The minimum Gasteiger partial charge on any atom is -0.507 e. The summed E-state index contributed by atoms with van der Waals surface area (Å²) in [6, 6.07) is 15.2. The molecule has 0 bridgehead atoms. The molecule has 7 nitrogen and oxygen atoms in total. The van der Waals surface area contributed by atoms with Crippen LogP contribution in [0.2, 0.25) is 0 Å². The summed E-state index contributed by atoms with van der Waals surface area (Å²) in [6.07, 6.45) is 2.25. The van der Waals surface area contributed by atoms with Gasteiger partial charge in [-0.05, 0) is 60.5 Å². The number of ketones is 1. The molecule has 0 aliphatic carbocycles. The van der Waals surface area contributed by atoms with Gasteiger partial charge in [0.05, 0.1) is 37.6 Å². The van der Waals surface area contributed by atoms with Crippen molar-refractivity contribution in [1.29, 1.82) is 0 Å². The highest BCUT2D eigenvalue weighted by atomic mass is 16.5. The van der Waals surface area contributed by atoms with E-state index in [1.165, 1.54) is 11.2 Å². The average molecular weight is 445 g/mol. The zero-order valence-electron chi connectivity index (χ0n) is 18.1. The van der Waals surface area contributed by atoms with Gasteiger partial charge in [-0.15, -0.1) is 0 Å². The van der Waals surface area contributed by atoms with Crippen LogP contribution in [0.3, 0.4) is 0 Å². The van der Waals surface area contributed by atoms with Gasteiger partial charge in [0.15, 0.2) is 0 Å². The van der Waals surface area contributed by atoms with Crippen LogP contribution in [-0.4, -0.2) is 34.9 Å². The first-order valence-corrected chi connectivity index (χ1v) is 10.9. The van der Waals surface area contributed by atoms with E-state index >= 15 is 0 Å². The summed E-state index contributed by atoms with van der Waals surface area (Å²) >= 11 is 0. The predicted molar refractivity (Wildman–Crippen MR) is 120 cm³/mol. The third-order valence-corrected chi connectivity index (χ3v) is 5.92. The van der Waals surface area contributed by atoms with Gasteiger partial charge in [0.1, 0.15) is 23.0 Å². The van der Waals surface area contributed by atoms with Crippen LogP contribution in [0.4, 0.5) is 0 Å². The SMILES string of the molecule is CCOc1ccc(C2/C(=C(/O)c3ccc4c(c3)CCO4)C(=O)C(=O)N2Cc2ccco2)cc1. The van der Waals surface area contributed by atoms with Gasteiger partial charge in [0, 0.05) is 12.0 Å². The first kappa shape index (κ1) is 20.9. The maximum Gasteiger partial charge on any atom is 0.296 e. The second-order valence-electron chi connectivity index (χ2n) is 7.93. The fraction of sp³-hybridized carbons (Fsp3) is 0.231. The highest BCUT2D eigenvalue weighted by Gasteiger charge is 2.46. The molecule has 1 saturated heterocycles. The van der Waals surface area contributed by atoms with Gasteiger partial charge in [0.2, 0.25) is 0 Å². The molecule has 5 rings (SSSR count). The van der Waals surface area contributed by atoms with Crippen molar-refractivity contribution < 1.29 is 28.6 Å². The number of benzene rings is 2. The molecular formula is C26H23NO6. The number of hydrogen-bond acceptors (Lipinski definition) is 6. The Morgan fingerprint density at radius 3 is 2.70 bits per heavy atom. The zero-order chi connectivity index (χ0) is 22.9. The molecule has 1 amide bonds. The molecule has 1 atom stereocenters. The van der Waals surface area contributed by atoms with E-state index in [4.69, 9.17) is 13.9 Å². The molecule has 2 aromatic carbocycles. The lowest BCUT2D eigenvalue weighted by atomic mass is 9.94. The zero-order valence-corrected chi connectivity index (χ0v) is 18.1. The number of Topliss-reactive ketones (excluding diaryl/α,β-unsaturated/α-hetero) is 1. The molecule has 3 heterocycles. The van der Waals surface area contributed by atoms with Crippen LogP contribution in [0, 0.1) is 0 Å². The first-order chi connectivity index (χ1) is 16.1. The fourth-order valence-corrected chi connectivity index (χ4v) is 4.36. The second kappa shape index (κ2) is 8.50. The number of aliphatic hydroxyl groups is 1. The number of carbonyl (C=O) groups excluding carboxylic acids is 2.